The number of carbonyl (C=O) groups is 1. The minimum Gasteiger partial charge on any atom is -0.386 e. The third-order valence-electron chi connectivity index (χ3n) is 5.56. The van der Waals surface area contributed by atoms with Gasteiger partial charge in [-0.1, -0.05) is 11.6 Å². The molecule has 1 amide bonds. The molecule has 1 aromatic heterocycles. The second kappa shape index (κ2) is 6.88. The lowest BCUT2D eigenvalue weighted by molar-refractivity contribution is 0.102. The molecule has 1 aromatic carbocycles. The van der Waals surface area contributed by atoms with Crippen molar-refractivity contribution in [3.8, 4) is 0 Å². The van der Waals surface area contributed by atoms with Crippen LogP contribution in [-0.4, -0.2) is 36.1 Å². The third-order valence-corrected chi connectivity index (χ3v) is 8.59. The summed E-state index contributed by atoms with van der Waals surface area (Å²) >= 11 is 5.76. The Morgan fingerprint density at radius 1 is 1.33 bits per heavy atom. The Kier molecular flexibility index (Phi) is 4.81. The van der Waals surface area contributed by atoms with Crippen LogP contribution in [-0.2, 0) is 5.54 Å². The molecule has 4 rings (SSSR count). The molecule has 0 bridgehead atoms. The zero-order chi connectivity index (χ0) is 21.9. The standard InChI is InChI=1S/C19H19ClF2N4O3S/c1-18(16(22)30(28,29)19(6-7-19)17(23)26-18)12-8-11(3-4-13(12)21)25-15(27)14-5-2-10(20)9-24-14/h2-5,8-9,16,28-29H,6-7H2,1H3,(H2,23,26)(H,25,27)/t16-,18-/m1/s1. The van der Waals surface area contributed by atoms with Crippen molar-refractivity contribution in [3.63, 3.8) is 0 Å². The molecule has 1 fully saturated rings. The lowest BCUT2D eigenvalue weighted by atomic mass is 9.92. The van der Waals surface area contributed by atoms with Crippen LogP contribution in [0, 0.1) is 5.82 Å². The summed E-state index contributed by atoms with van der Waals surface area (Å²) in [5.41, 5.74) is 1.69. The van der Waals surface area contributed by atoms with Gasteiger partial charge in [-0.15, -0.1) is 10.6 Å². The molecule has 1 aliphatic carbocycles. The Morgan fingerprint density at radius 3 is 2.63 bits per heavy atom. The van der Waals surface area contributed by atoms with E-state index >= 15 is 4.39 Å². The molecule has 11 heteroatoms. The molecule has 5 N–H and O–H groups in total. The number of hydrogen-bond acceptors (Lipinski definition) is 6. The normalized spacial score (nSPS) is 27.3. The van der Waals surface area contributed by atoms with Gasteiger partial charge in [-0.25, -0.2) is 13.8 Å². The van der Waals surface area contributed by atoms with Crippen molar-refractivity contribution in [1.29, 1.82) is 0 Å². The number of amidine groups is 1. The summed E-state index contributed by atoms with van der Waals surface area (Å²) in [6.45, 7) is 1.25. The Hall–Kier alpha value is -2.27. The highest BCUT2D eigenvalue weighted by atomic mass is 35.5. The van der Waals surface area contributed by atoms with E-state index in [0.29, 0.717) is 17.9 Å². The highest BCUT2D eigenvalue weighted by molar-refractivity contribution is 8.26. The van der Waals surface area contributed by atoms with E-state index in [1.54, 1.807) is 0 Å². The van der Waals surface area contributed by atoms with Crippen molar-refractivity contribution < 1.29 is 22.7 Å². The number of carbonyl (C=O) groups excluding carboxylic acids is 1. The number of pyridine rings is 1. The molecule has 0 radical (unpaired) electrons. The maximum Gasteiger partial charge on any atom is 0.274 e. The van der Waals surface area contributed by atoms with E-state index in [1.807, 2.05) is 0 Å². The molecular formula is C19H19ClF2N4O3S. The van der Waals surface area contributed by atoms with Gasteiger partial charge in [0, 0.05) is 17.4 Å². The summed E-state index contributed by atoms with van der Waals surface area (Å²) in [7, 11) is -3.83. The van der Waals surface area contributed by atoms with Crippen LogP contribution < -0.4 is 11.1 Å². The van der Waals surface area contributed by atoms with Gasteiger partial charge < -0.3 is 11.1 Å². The highest BCUT2D eigenvalue weighted by Gasteiger charge is 2.67. The summed E-state index contributed by atoms with van der Waals surface area (Å²) in [4.78, 5) is 20.5. The van der Waals surface area contributed by atoms with Crippen LogP contribution in [0.25, 0.3) is 0 Å². The van der Waals surface area contributed by atoms with Crippen molar-refractivity contribution in [2.75, 3.05) is 5.32 Å². The van der Waals surface area contributed by atoms with Gasteiger partial charge in [-0.05, 0) is 50.1 Å². The minimum absolute atomic E-state index is 0.0737. The molecule has 0 unspecified atom stereocenters. The Bertz CT molecular complexity index is 1060. The van der Waals surface area contributed by atoms with E-state index in [0.717, 1.165) is 6.07 Å². The molecule has 1 spiro atoms. The number of halogens is 3. The lowest BCUT2D eigenvalue weighted by Gasteiger charge is -2.51. The van der Waals surface area contributed by atoms with Crippen molar-refractivity contribution in [2.24, 2.45) is 10.7 Å². The fraction of sp³-hybridized carbons (Fsp3) is 0.316. The van der Waals surface area contributed by atoms with E-state index in [9.17, 15) is 18.3 Å². The molecule has 2 heterocycles. The molecule has 2 aliphatic rings. The molecular weight excluding hydrogens is 438 g/mol. The quantitative estimate of drug-likeness (QED) is 0.549. The van der Waals surface area contributed by atoms with Gasteiger partial charge in [-0.3, -0.25) is 18.9 Å². The number of amides is 1. The Labute approximate surface area is 177 Å². The minimum atomic E-state index is -3.83. The number of alkyl halides is 1. The number of hydrogen-bond donors (Lipinski definition) is 4. The summed E-state index contributed by atoms with van der Waals surface area (Å²) in [5, 5.41) is 2.90. The molecule has 2 aromatic rings. The second-order valence-electron chi connectivity index (χ2n) is 7.56. The molecule has 30 heavy (non-hydrogen) atoms. The van der Waals surface area contributed by atoms with Crippen molar-refractivity contribution in [1.82, 2.24) is 4.98 Å². The van der Waals surface area contributed by atoms with Crippen LogP contribution in [0.2, 0.25) is 5.02 Å². The first-order valence-corrected chi connectivity index (χ1v) is 11.0. The van der Waals surface area contributed by atoms with E-state index in [2.05, 4.69) is 15.3 Å². The first kappa shape index (κ1) is 21.0. The van der Waals surface area contributed by atoms with E-state index < -0.39 is 38.1 Å². The number of anilines is 1. The van der Waals surface area contributed by atoms with Crippen LogP contribution in [0.5, 0.6) is 0 Å². The zero-order valence-corrected chi connectivity index (χ0v) is 17.3. The molecule has 2 atom stereocenters. The topological polar surface area (TPSA) is 121 Å². The summed E-state index contributed by atoms with van der Waals surface area (Å²) in [6, 6.07) is 6.44. The second-order valence-corrected chi connectivity index (χ2v) is 10.4. The monoisotopic (exact) mass is 456 g/mol. The maximum absolute atomic E-state index is 15.4. The fourth-order valence-corrected chi connectivity index (χ4v) is 6.01. The number of nitrogens with zero attached hydrogens (tertiary/aromatic N) is 2. The molecule has 1 saturated carbocycles. The van der Waals surface area contributed by atoms with Gasteiger partial charge in [-0.2, -0.15) is 0 Å². The number of aromatic nitrogens is 1. The fourth-order valence-electron chi connectivity index (χ4n) is 3.62. The smallest absolute Gasteiger partial charge is 0.274 e. The third kappa shape index (κ3) is 3.06. The Balaban J connectivity index is 1.70. The van der Waals surface area contributed by atoms with Crippen LogP contribution in [0.4, 0.5) is 14.5 Å². The van der Waals surface area contributed by atoms with Gasteiger partial charge in [0.15, 0.2) is 0 Å². The van der Waals surface area contributed by atoms with Crippen molar-refractivity contribution in [3.05, 3.63) is 58.6 Å². The van der Waals surface area contributed by atoms with Gasteiger partial charge in [0.25, 0.3) is 5.91 Å². The van der Waals surface area contributed by atoms with Gasteiger partial charge in [0.2, 0.25) is 5.50 Å². The SMILES string of the molecule is C[C@]1(c2cc(NC(=O)c3ccc(Cl)cn3)ccc2F)N=C(N)C2(CC2)S(O)(O)[C@H]1F. The van der Waals surface area contributed by atoms with Gasteiger partial charge in [0.05, 0.1) is 5.02 Å². The van der Waals surface area contributed by atoms with Gasteiger partial charge >= 0.3 is 0 Å². The van der Waals surface area contributed by atoms with Crippen LogP contribution in [0.3, 0.4) is 0 Å². The van der Waals surface area contributed by atoms with Crippen LogP contribution in [0.1, 0.15) is 35.8 Å². The number of rotatable bonds is 3. The average Bonchev–Trinajstić information content (AvgIpc) is 3.50. The first-order chi connectivity index (χ1) is 14.0. The number of nitrogens with one attached hydrogen (secondary N) is 1. The largest absolute Gasteiger partial charge is 0.386 e. The highest BCUT2D eigenvalue weighted by Crippen LogP contribution is 2.73. The molecule has 7 nitrogen and oxygen atoms in total. The number of nitrogens with two attached hydrogens (primary N) is 1. The zero-order valence-electron chi connectivity index (χ0n) is 15.8. The van der Waals surface area contributed by atoms with E-state index in [4.69, 9.17) is 17.3 Å². The summed E-state index contributed by atoms with van der Waals surface area (Å²) in [5.74, 6) is -1.50. The van der Waals surface area contributed by atoms with Crippen LogP contribution in [0.15, 0.2) is 41.5 Å². The summed E-state index contributed by atoms with van der Waals surface area (Å²) < 4.78 is 49.9. The van der Waals surface area contributed by atoms with E-state index in [1.165, 1.54) is 37.4 Å². The predicted octanol–water partition coefficient (Wildman–Crippen LogP) is 4.29. The molecule has 0 saturated heterocycles. The summed E-state index contributed by atoms with van der Waals surface area (Å²) in [6.07, 6.45) is 1.93. The molecule has 1 aliphatic heterocycles. The van der Waals surface area contributed by atoms with Crippen LogP contribution >= 0.6 is 22.2 Å². The Morgan fingerprint density at radius 2 is 2.03 bits per heavy atom. The predicted molar refractivity (Wildman–Crippen MR) is 112 cm³/mol. The van der Waals surface area contributed by atoms with E-state index in [-0.39, 0.29) is 22.8 Å². The average molecular weight is 457 g/mol. The number of aliphatic imine (C=N–C) groups is 1. The number of benzene rings is 1. The lowest BCUT2D eigenvalue weighted by Crippen LogP contribution is -2.52. The maximum atomic E-state index is 15.4. The van der Waals surface area contributed by atoms with Crippen molar-refractivity contribution >= 4 is 39.6 Å². The van der Waals surface area contributed by atoms with Crippen molar-refractivity contribution in [2.45, 2.75) is 35.6 Å². The van der Waals surface area contributed by atoms with Gasteiger partial charge in [0.1, 0.15) is 27.6 Å². The first-order valence-electron chi connectivity index (χ1n) is 9.01. The molecule has 160 valence electrons.